The van der Waals surface area contributed by atoms with Gasteiger partial charge in [0.2, 0.25) is 10.0 Å². The van der Waals surface area contributed by atoms with Gasteiger partial charge >= 0.3 is 0 Å². The third kappa shape index (κ3) is 3.37. The zero-order valence-electron chi connectivity index (χ0n) is 11.1. The number of thiophene rings is 1. The van der Waals surface area contributed by atoms with Crippen LogP contribution in [0.4, 0.5) is 0 Å². The van der Waals surface area contributed by atoms with Gasteiger partial charge in [-0.05, 0) is 43.7 Å². The molecule has 0 bridgehead atoms. The second-order valence-corrected chi connectivity index (χ2v) is 8.88. The van der Waals surface area contributed by atoms with Crippen molar-refractivity contribution < 1.29 is 8.42 Å². The van der Waals surface area contributed by atoms with Crippen molar-refractivity contribution in [1.82, 2.24) is 10.0 Å². The van der Waals surface area contributed by atoms with Crippen molar-refractivity contribution in [1.29, 1.82) is 0 Å². The van der Waals surface area contributed by atoms with Crippen LogP contribution in [-0.4, -0.2) is 20.5 Å². The van der Waals surface area contributed by atoms with Crippen LogP contribution in [0.2, 0.25) is 0 Å². The molecule has 0 unspecified atom stereocenters. The summed E-state index contributed by atoms with van der Waals surface area (Å²) in [5.74, 6) is 0.648. The van der Waals surface area contributed by atoms with Crippen LogP contribution >= 0.6 is 11.3 Å². The summed E-state index contributed by atoms with van der Waals surface area (Å²) < 4.78 is 27.6. The summed E-state index contributed by atoms with van der Waals surface area (Å²) in [6.07, 6.45) is 4.41. The molecule has 2 aliphatic rings. The Morgan fingerprint density at radius 2 is 2.00 bits per heavy atom. The molecule has 0 atom stereocenters. The smallest absolute Gasteiger partial charge is 0.250 e. The molecular formula is C13H20N2O2S2. The zero-order chi connectivity index (χ0) is 13.5. The fourth-order valence-corrected chi connectivity index (χ4v) is 4.99. The van der Waals surface area contributed by atoms with Gasteiger partial charge in [0.25, 0.3) is 0 Å². The fraction of sp³-hybridized carbons (Fsp3) is 0.692. The number of rotatable bonds is 6. The van der Waals surface area contributed by atoms with E-state index in [-0.39, 0.29) is 6.04 Å². The Balaban J connectivity index is 1.59. The monoisotopic (exact) mass is 300 g/mol. The van der Waals surface area contributed by atoms with Crippen LogP contribution in [-0.2, 0) is 16.6 Å². The molecule has 106 valence electrons. The molecule has 1 aromatic heterocycles. The largest absolute Gasteiger partial charge is 0.309 e. The van der Waals surface area contributed by atoms with Gasteiger partial charge in [0.1, 0.15) is 4.21 Å². The first-order valence-electron chi connectivity index (χ1n) is 6.87. The highest BCUT2D eigenvalue weighted by atomic mass is 32.2. The van der Waals surface area contributed by atoms with Crippen LogP contribution in [0.15, 0.2) is 16.3 Å². The molecule has 2 saturated carbocycles. The fourth-order valence-electron chi connectivity index (χ4n) is 2.41. The summed E-state index contributed by atoms with van der Waals surface area (Å²) in [4.78, 5) is 1.09. The quantitative estimate of drug-likeness (QED) is 0.845. The van der Waals surface area contributed by atoms with Crippen LogP contribution in [0.25, 0.3) is 0 Å². The number of sulfonamides is 1. The van der Waals surface area contributed by atoms with Gasteiger partial charge in [0.05, 0.1) is 0 Å². The summed E-state index contributed by atoms with van der Waals surface area (Å²) in [6.45, 7) is 2.93. The van der Waals surface area contributed by atoms with Crippen LogP contribution in [0.1, 0.15) is 37.5 Å². The van der Waals surface area contributed by atoms with E-state index in [1.165, 1.54) is 24.2 Å². The van der Waals surface area contributed by atoms with Crippen LogP contribution < -0.4 is 10.0 Å². The molecule has 4 nitrogen and oxygen atoms in total. The minimum atomic E-state index is -3.31. The van der Waals surface area contributed by atoms with E-state index in [4.69, 9.17) is 0 Å². The Morgan fingerprint density at radius 1 is 1.26 bits per heavy atom. The lowest BCUT2D eigenvalue weighted by Crippen LogP contribution is -2.43. The highest BCUT2D eigenvalue weighted by molar-refractivity contribution is 7.91. The van der Waals surface area contributed by atoms with Crippen LogP contribution in [0.5, 0.6) is 0 Å². The molecule has 3 rings (SSSR count). The minimum absolute atomic E-state index is 0.134. The molecule has 1 aromatic rings. The molecule has 0 saturated heterocycles. The van der Waals surface area contributed by atoms with Gasteiger partial charge in [-0.25, -0.2) is 13.1 Å². The first-order valence-corrected chi connectivity index (χ1v) is 9.17. The summed E-state index contributed by atoms with van der Waals surface area (Å²) in [5, 5.41) is 3.40. The summed E-state index contributed by atoms with van der Waals surface area (Å²) >= 11 is 1.37. The second kappa shape index (κ2) is 5.16. The molecule has 0 radical (unpaired) electrons. The van der Waals surface area contributed by atoms with Gasteiger partial charge in [0, 0.05) is 23.5 Å². The Morgan fingerprint density at radius 3 is 2.63 bits per heavy atom. The molecule has 0 spiro atoms. The lowest BCUT2D eigenvalue weighted by Gasteiger charge is -2.32. The van der Waals surface area contributed by atoms with E-state index in [0.29, 0.717) is 16.2 Å². The maximum Gasteiger partial charge on any atom is 0.250 e. The molecule has 1 heterocycles. The molecular weight excluding hydrogens is 280 g/mol. The van der Waals surface area contributed by atoms with Gasteiger partial charge < -0.3 is 5.32 Å². The average Bonchev–Trinajstić information content (AvgIpc) is 3.01. The highest BCUT2D eigenvalue weighted by Gasteiger charge is 2.30. The van der Waals surface area contributed by atoms with E-state index < -0.39 is 10.0 Å². The number of nitrogens with one attached hydrogen (secondary N) is 2. The van der Waals surface area contributed by atoms with E-state index in [2.05, 4.69) is 17.0 Å². The molecule has 19 heavy (non-hydrogen) atoms. The average molecular weight is 300 g/mol. The van der Waals surface area contributed by atoms with Gasteiger partial charge in [-0.3, -0.25) is 0 Å². The van der Waals surface area contributed by atoms with Gasteiger partial charge in [-0.2, -0.15) is 0 Å². The highest BCUT2D eigenvalue weighted by Crippen LogP contribution is 2.29. The Hall–Kier alpha value is -0.430. The third-order valence-electron chi connectivity index (χ3n) is 3.74. The van der Waals surface area contributed by atoms with E-state index >= 15 is 0 Å². The van der Waals surface area contributed by atoms with Crippen molar-refractivity contribution in [2.45, 2.75) is 55.4 Å². The van der Waals surface area contributed by atoms with Gasteiger partial charge in [-0.15, -0.1) is 11.3 Å². The standard InChI is InChI=1S/C13H20N2O2S2/c1-9-6-11(7-9)15-19(16,17)13-5-4-12(18-13)8-14-10-2-3-10/h4-5,9-11,14-15H,2-3,6-8H2,1H3. The Bertz CT molecular complexity index is 543. The van der Waals surface area contributed by atoms with Crippen molar-refractivity contribution in [2.24, 2.45) is 5.92 Å². The first kappa shape index (κ1) is 13.5. The van der Waals surface area contributed by atoms with Crippen molar-refractivity contribution in [3.05, 3.63) is 17.0 Å². The zero-order valence-corrected chi connectivity index (χ0v) is 12.7. The number of hydrogen-bond donors (Lipinski definition) is 2. The van der Waals surface area contributed by atoms with Gasteiger partial charge in [-0.1, -0.05) is 6.92 Å². The molecule has 0 aromatic carbocycles. The third-order valence-corrected chi connectivity index (χ3v) is 6.84. The normalized spacial score (nSPS) is 27.2. The van der Waals surface area contributed by atoms with Crippen LogP contribution in [0, 0.1) is 5.92 Å². The topological polar surface area (TPSA) is 58.2 Å². The molecule has 2 aliphatic carbocycles. The van der Waals surface area contributed by atoms with Crippen molar-refractivity contribution in [3.8, 4) is 0 Å². The van der Waals surface area contributed by atoms with Crippen LogP contribution in [0.3, 0.4) is 0 Å². The molecule has 6 heteroatoms. The number of hydrogen-bond acceptors (Lipinski definition) is 4. The summed E-state index contributed by atoms with van der Waals surface area (Å²) in [6, 6.07) is 4.42. The molecule has 0 amide bonds. The maximum atomic E-state index is 12.2. The Kier molecular flexibility index (Phi) is 3.68. The van der Waals surface area contributed by atoms with Gasteiger partial charge in [0.15, 0.2) is 0 Å². The Labute approximate surface area is 118 Å². The van der Waals surface area contributed by atoms with Crippen molar-refractivity contribution >= 4 is 21.4 Å². The molecule has 0 aliphatic heterocycles. The predicted octanol–water partition coefficient (Wildman–Crippen LogP) is 2.08. The van der Waals surface area contributed by atoms with E-state index in [1.54, 1.807) is 6.07 Å². The van der Waals surface area contributed by atoms with Crippen molar-refractivity contribution in [2.75, 3.05) is 0 Å². The SMILES string of the molecule is CC1CC(NS(=O)(=O)c2ccc(CNC3CC3)s2)C1. The maximum absolute atomic E-state index is 12.2. The lowest BCUT2D eigenvalue weighted by molar-refractivity contribution is 0.270. The predicted molar refractivity (Wildman–Crippen MR) is 76.7 cm³/mol. The van der Waals surface area contributed by atoms with E-state index in [9.17, 15) is 8.42 Å². The summed E-state index contributed by atoms with van der Waals surface area (Å²) in [5.41, 5.74) is 0. The lowest BCUT2D eigenvalue weighted by atomic mass is 9.83. The minimum Gasteiger partial charge on any atom is -0.309 e. The summed E-state index contributed by atoms with van der Waals surface area (Å²) in [7, 11) is -3.31. The first-order chi connectivity index (χ1) is 9.03. The van der Waals surface area contributed by atoms with Crippen molar-refractivity contribution in [3.63, 3.8) is 0 Å². The molecule has 2 fully saturated rings. The van der Waals surface area contributed by atoms with E-state index in [1.807, 2.05) is 6.07 Å². The van der Waals surface area contributed by atoms with E-state index in [0.717, 1.165) is 24.3 Å². The second-order valence-electron chi connectivity index (χ2n) is 5.77. The molecule has 2 N–H and O–H groups in total.